The van der Waals surface area contributed by atoms with Gasteiger partial charge in [-0.2, -0.15) is 0 Å². The third kappa shape index (κ3) is 2.84. The van der Waals surface area contributed by atoms with Crippen molar-refractivity contribution in [3.63, 3.8) is 0 Å². The minimum atomic E-state index is -0.137. The molecule has 0 heterocycles. The topological polar surface area (TPSA) is 70.6 Å². The van der Waals surface area contributed by atoms with Crippen LogP contribution in [0.4, 0.5) is 0 Å². The van der Waals surface area contributed by atoms with Crippen LogP contribution in [0.1, 0.15) is 44.9 Å². The Hall–Kier alpha value is -0.770. The number of hydrogen-bond donors (Lipinski definition) is 3. The van der Waals surface area contributed by atoms with Gasteiger partial charge in [0.15, 0.2) is 5.96 Å². The second-order valence-corrected chi connectivity index (χ2v) is 4.87. The van der Waals surface area contributed by atoms with Crippen molar-refractivity contribution in [1.29, 1.82) is 0 Å². The number of aliphatic imine (C=N–C) groups is 1. The molecule has 0 radical (unpaired) electrons. The molecule has 4 N–H and O–H groups in total. The molecule has 0 amide bonds. The number of rotatable bonds is 3. The summed E-state index contributed by atoms with van der Waals surface area (Å²) in [5.74, 6) is 0.522. The van der Waals surface area contributed by atoms with Gasteiger partial charge >= 0.3 is 0 Å². The van der Waals surface area contributed by atoms with E-state index in [1.165, 1.54) is 19.3 Å². The van der Waals surface area contributed by atoms with E-state index >= 15 is 0 Å². The van der Waals surface area contributed by atoms with Gasteiger partial charge in [-0.15, -0.1) is 0 Å². The Balaban J connectivity index is 1.83. The Kier molecular flexibility index (Phi) is 3.14. The average Bonchev–Trinajstić information content (AvgIpc) is 3.00. The molecule has 0 aromatic carbocycles. The highest BCUT2D eigenvalue weighted by Crippen LogP contribution is 2.34. The van der Waals surface area contributed by atoms with Crippen molar-refractivity contribution in [3.05, 3.63) is 0 Å². The van der Waals surface area contributed by atoms with Crippen molar-refractivity contribution in [2.75, 3.05) is 6.61 Å². The molecule has 0 saturated heterocycles. The number of nitrogens with one attached hydrogen (secondary N) is 1. The lowest BCUT2D eigenvalue weighted by Crippen LogP contribution is -2.44. The third-order valence-electron chi connectivity index (χ3n) is 3.45. The molecule has 0 aromatic heterocycles. The fraction of sp³-hybridized carbons (Fsp3) is 0.909. The van der Waals surface area contributed by atoms with Crippen LogP contribution in [0, 0.1) is 0 Å². The molecule has 0 spiro atoms. The molecule has 0 aromatic rings. The van der Waals surface area contributed by atoms with Crippen molar-refractivity contribution in [2.45, 2.75) is 56.5 Å². The van der Waals surface area contributed by atoms with Gasteiger partial charge in [-0.3, -0.25) is 4.99 Å². The molecular weight excluding hydrogens is 190 g/mol. The van der Waals surface area contributed by atoms with E-state index < -0.39 is 0 Å². The number of aliphatic hydroxyl groups is 1. The average molecular weight is 211 g/mol. The molecule has 0 unspecified atom stereocenters. The normalized spacial score (nSPS) is 26.3. The molecule has 2 aliphatic carbocycles. The molecule has 2 aliphatic rings. The van der Waals surface area contributed by atoms with Crippen molar-refractivity contribution in [3.8, 4) is 0 Å². The van der Waals surface area contributed by atoms with E-state index in [1.807, 2.05) is 0 Å². The fourth-order valence-electron chi connectivity index (χ4n) is 2.18. The van der Waals surface area contributed by atoms with Gasteiger partial charge in [-0.05, 0) is 25.7 Å². The molecule has 0 bridgehead atoms. The maximum absolute atomic E-state index is 9.14. The van der Waals surface area contributed by atoms with Gasteiger partial charge in [0.05, 0.1) is 18.2 Å². The van der Waals surface area contributed by atoms with E-state index in [4.69, 9.17) is 10.8 Å². The first-order valence-corrected chi connectivity index (χ1v) is 5.96. The molecule has 86 valence electrons. The maximum atomic E-state index is 9.14. The van der Waals surface area contributed by atoms with Gasteiger partial charge in [-0.25, -0.2) is 0 Å². The third-order valence-corrected chi connectivity index (χ3v) is 3.45. The van der Waals surface area contributed by atoms with E-state index in [-0.39, 0.29) is 12.1 Å². The van der Waals surface area contributed by atoms with Gasteiger partial charge in [0.25, 0.3) is 0 Å². The van der Waals surface area contributed by atoms with Gasteiger partial charge < -0.3 is 16.2 Å². The van der Waals surface area contributed by atoms with E-state index in [2.05, 4.69) is 10.3 Å². The molecule has 2 saturated carbocycles. The SMILES string of the molecule is NC(=NC1CCCCC1)NC1(CO)CC1. The molecule has 4 heteroatoms. The largest absolute Gasteiger partial charge is 0.394 e. The van der Waals surface area contributed by atoms with E-state index in [0.29, 0.717) is 12.0 Å². The Labute approximate surface area is 91.0 Å². The maximum Gasteiger partial charge on any atom is 0.189 e. The lowest BCUT2D eigenvalue weighted by Gasteiger charge is -2.20. The zero-order valence-corrected chi connectivity index (χ0v) is 9.21. The van der Waals surface area contributed by atoms with Crippen molar-refractivity contribution >= 4 is 5.96 Å². The Bertz CT molecular complexity index is 242. The Morgan fingerprint density at radius 2 is 2.00 bits per heavy atom. The highest BCUT2D eigenvalue weighted by atomic mass is 16.3. The van der Waals surface area contributed by atoms with Crippen molar-refractivity contribution in [2.24, 2.45) is 10.7 Å². The second kappa shape index (κ2) is 4.39. The second-order valence-electron chi connectivity index (χ2n) is 4.87. The van der Waals surface area contributed by atoms with Crippen LogP contribution in [0.2, 0.25) is 0 Å². The summed E-state index contributed by atoms with van der Waals surface area (Å²) in [5.41, 5.74) is 5.70. The monoisotopic (exact) mass is 211 g/mol. The van der Waals surface area contributed by atoms with Gasteiger partial charge in [0.2, 0.25) is 0 Å². The van der Waals surface area contributed by atoms with Crippen molar-refractivity contribution < 1.29 is 5.11 Å². The summed E-state index contributed by atoms with van der Waals surface area (Å²) >= 11 is 0. The zero-order chi connectivity index (χ0) is 10.7. The predicted molar refractivity (Wildman–Crippen MR) is 60.7 cm³/mol. The summed E-state index contributed by atoms with van der Waals surface area (Å²) in [4.78, 5) is 4.48. The van der Waals surface area contributed by atoms with Crippen LogP contribution in [0.3, 0.4) is 0 Å². The number of guanidine groups is 1. The van der Waals surface area contributed by atoms with Gasteiger partial charge in [-0.1, -0.05) is 19.3 Å². The molecule has 2 fully saturated rings. The van der Waals surface area contributed by atoms with E-state index in [0.717, 1.165) is 25.7 Å². The molecule has 0 aliphatic heterocycles. The minimum absolute atomic E-state index is 0.137. The molecule has 2 rings (SSSR count). The van der Waals surface area contributed by atoms with Crippen LogP contribution in [0.25, 0.3) is 0 Å². The fourth-order valence-corrected chi connectivity index (χ4v) is 2.18. The number of aliphatic hydroxyl groups excluding tert-OH is 1. The number of nitrogens with two attached hydrogens (primary N) is 1. The van der Waals surface area contributed by atoms with Gasteiger partial charge in [0.1, 0.15) is 0 Å². The zero-order valence-electron chi connectivity index (χ0n) is 9.21. The van der Waals surface area contributed by atoms with E-state index in [1.54, 1.807) is 0 Å². The summed E-state index contributed by atoms with van der Waals surface area (Å²) in [6.07, 6.45) is 8.21. The smallest absolute Gasteiger partial charge is 0.189 e. The first-order chi connectivity index (χ1) is 7.24. The van der Waals surface area contributed by atoms with Crippen LogP contribution in [0.5, 0.6) is 0 Å². The highest BCUT2D eigenvalue weighted by Gasteiger charge is 2.42. The summed E-state index contributed by atoms with van der Waals surface area (Å²) in [6.45, 7) is 0.161. The first kappa shape index (κ1) is 10.7. The minimum Gasteiger partial charge on any atom is -0.394 e. The van der Waals surface area contributed by atoms with Crippen LogP contribution in [-0.2, 0) is 0 Å². The molecule has 15 heavy (non-hydrogen) atoms. The lowest BCUT2D eigenvalue weighted by molar-refractivity contribution is 0.244. The predicted octanol–water partition coefficient (Wildman–Crippen LogP) is 0.748. The molecule has 4 nitrogen and oxygen atoms in total. The first-order valence-electron chi connectivity index (χ1n) is 5.96. The highest BCUT2D eigenvalue weighted by molar-refractivity contribution is 5.79. The quantitative estimate of drug-likeness (QED) is 0.476. The van der Waals surface area contributed by atoms with Crippen LogP contribution >= 0.6 is 0 Å². The van der Waals surface area contributed by atoms with E-state index in [9.17, 15) is 0 Å². The van der Waals surface area contributed by atoms with Gasteiger partial charge in [0, 0.05) is 0 Å². The summed E-state index contributed by atoms with van der Waals surface area (Å²) in [6, 6.07) is 0.403. The van der Waals surface area contributed by atoms with Crippen LogP contribution in [0.15, 0.2) is 4.99 Å². The standard InChI is InChI=1S/C11H21N3O/c12-10(14-11(8-15)6-7-11)13-9-4-2-1-3-5-9/h9,15H,1-8H2,(H3,12,13,14). The van der Waals surface area contributed by atoms with Crippen LogP contribution < -0.4 is 11.1 Å². The Morgan fingerprint density at radius 1 is 1.33 bits per heavy atom. The summed E-state index contributed by atoms with van der Waals surface area (Å²) in [7, 11) is 0. The Morgan fingerprint density at radius 3 is 2.53 bits per heavy atom. The van der Waals surface area contributed by atoms with Crippen LogP contribution in [-0.4, -0.2) is 29.3 Å². The number of nitrogens with zero attached hydrogens (tertiary/aromatic N) is 1. The summed E-state index contributed by atoms with van der Waals surface area (Å²) < 4.78 is 0. The number of hydrogen-bond acceptors (Lipinski definition) is 2. The van der Waals surface area contributed by atoms with Crippen molar-refractivity contribution in [1.82, 2.24) is 5.32 Å². The molecular formula is C11H21N3O. The molecule has 0 atom stereocenters. The lowest BCUT2D eigenvalue weighted by atomic mass is 9.96. The summed E-state index contributed by atoms with van der Waals surface area (Å²) in [5, 5.41) is 12.3.